The number of rotatable bonds is 3. The molecular formula is C12H16BrNO3S. The van der Waals surface area contributed by atoms with Gasteiger partial charge in [0.2, 0.25) is 10.0 Å². The third-order valence-corrected chi connectivity index (χ3v) is 6.14. The van der Waals surface area contributed by atoms with Gasteiger partial charge in [0, 0.05) is 17.1 Å². The van der Waals surface area contributed by atoms with Gasteiger partial charge in [0.15, 0.2) is 0 Å². The topological polar surface area (TPSA) is 57.6 Å². The van der Waals surface area contributed by atoms with Crippen molar-refractivity contribution in [1.82, 2.24) is 4.31 Å². The number of halogens is 1. The largest absolute Gasteiger partial charge is 0.395 e. The fourth-order valence-corrected chi connectivity index (χ4v) is 5.09. The van der Waals surface area contributed by atoms with Crippen LogP contribution in [0, 0.1) is 6.92 Å². The Morgan fingerprint density at radius 2 is 2.22 bits per heavy atom. The highest BCUT2D eigenvalue weighted by molar-refractivity contribution is 9.10. The fraction of sp³-hybridized carbons (Fsp3) is 0.500. The molecule has 2 rings (SSSR count). The highest BCUT2D eigenvalue weighted by Gasteiger charge is 2.35. The second kappa shape index (κ2) is 5.28. The van der Waals surface area contributed by atoms with Crippen LogP contribution in [0.2, 0.25) is 0 Å². The van der Waals surface area contributed by atoms with Gasteiger partial charge in [-0.05, 0) is 53.4 Å². The molecule has 0 amide bonds. The smallest absolute Gasteiger partial charge is 0.244 e. The molecule has 0 unspecified atom stereocenters. The number of benzene rings is 1. The first-order chi connectivity index (χ1) is 8.46. The molecule has 1 aromatic rings. The van der Waals surface area contributed by atoms with Crippen molar-refractivity contribution >= 4 is 26.0 Å². The summed E-state index contributed by atoms with van der Waals surface area (Å²) in [5.41, 5.74) is 1.00. The van der Waals surface area contributed by atoms with Gasteiger partial charge in [-0.15, -0.1) is 0 Å². The number of aliphatic hydroxyl groups is 1. The number of hydrogen-bond donors (Lipinski definition) is 1. The van der Waals surface area contributed by atoms with Crippen LogP contribution in [0.4, 0.5) is 0 Å². The van der Waals surface area contributed by atoms with E-state index in [9.17, 15) is 13.5 Å². The predicted molar refractivity (Wildman–Crippen MR) is 72.9 cm³/mol. The monoisotopic (exact) mass is 333 g/mol. The molecule has 1 N–H and O–H groups in total. The Balaban J connectivity index is 2.42. The normalized spacial score (nSPS) is 21.4. The van der Waals surface area contributed by atoms with E-state index in [0.717, 1.165) is 18.4 Å². The molecule has 1 heterocycles. The predicted octanol–water partition coefficient (Wildman–Crippen LogP) is 1.90. The molecule has 1 saturated heterocycles. The summed E-state index contributed by atoms with van der Waals surface area (Å²) in [6.07, 6.45) is 1.52. The van der Waals surface area contributed by atoms with Gasteiger partial charge in [0.05, 0.1) is 11.5 Å². The van der Waals surface area contributed by atoms with E-state index in [1.807, 2.05) is 6.92 Å². The summed E-state index contributed by atoms with van der Waals surface area (Å²) in [4.78, 5) is 0.272. The van der Waals surface area contributed by atoms with Crippen molar-refractivity contribution in [1.29, 1.82) is 0 Å². The molecule has 18 heavy (non-hydrogen) atoms. The van der Waals surface area contributed by atoms with Gasteiger partial charge in [0.1, 0.15) is 0 Å². The van der Waals surface area contributed by atoms with Gasteiger partial charge in [-0.25, -0.2) is 8.42 Å². The maximum atomic E-state index is 12.5. The second-order valence-corrected chi connectivity index (χ2v) is 7.24. The quantitative estimate of drug-likeness (QED) is 0.919. The van der Waals surface area contributed by atoms with Crippen molar-refractivity contribution in [3.8, 4) is 0 Å². The molecule has 1 aliphatic rings. The molecular weight excluding hydrogens is 318 g/mol. The summed E-state index contributed by atoms with van der Waals surface area (Å²) >= 11 is 3.30. The molecule has 4 nitrogen and oxygen atoms in total. The van der Waals surface area contributed by atoms with Gasteiger partial charge >= 0.3 is 0 Å². The SMILES string of the molecule is Cc1ccc(S(=O)(=O)N2CCC[C@@H]2CO)c(Br)c1. The summed E-state index contributed by atoms with van der Waals surface area (Å²) in [7, 11) is -3.52. The Morgan fingerprint density at radius 3 is 2.83 bits per heavy atom. The molecule has 100 valence electrons. The van der Waals surface area contributed by atoms with Crippen LogP contribution < -0.4 is 0 Å². The van der Waals surface area contributed by atoms with E-state index in [0.29, 0.717) is 11.0 Å². The molecule has 0 aromatic heterocycles. The Hall–Kier alpha value is -0.430. The van der Waals surface area contributed by atoms with E-state index in [2.05, 4.69) is 15.9 Å². The van der Waals surface area contributed by atoms with Gasteiger partial charge in [-0.2, -0.15) is 4.31 Å². The molecule has 0 saturated carbocycles. The van der Waals surface area contributed by atoms with Crippen LogP contribution >= 0.6 is 15.9 Å². The lowest BCUT2D eigenvalue weighted by atomic mass is 10.2. The molecule has 0 radical (unpaired) electrons. The first kappa shape index (κ1) is 14.0. The van der Waals surface area contributed by atoms with Crippen molar-refractivity contribution in [2.75, 3.05) is 13.2 Å². The maximum Gasteiger partial charge on any atom is 0.244 e. The average molecular weight is 334 g/mol. The summed E-state index contributed by atoms with van der Waals surface area (Å²) in [5, 5.41) is 9.24. The van der Waals surface area contributed by atoms with E-state index >= 15 is 0 Å². The Kier molecular flexibility index (Phi) is 4.11. The fourth-order valence-electron chi connectivity index (χ4n) is 2.25. The van der Waals surface area contributed by atoms with Crippen LogP contribution in [0.25, 0.3) is 0 Å². The van der Waals surface area contributed by atoms with E-state index in [1.54, 1.807) is 18.2 Å². The van der Waals surface area contributed by atoms with Crippen LogP contribution in [-0.2, 0) is 10.0 Å². The first-order valence-electron chi connectivity index (χ1n) is 5.85. The standard InChI is InChI=1S/C12H16BrNO3S/c1-9-4-5-12(11(13)7-9)18(16,17)14-6-2-3-10(14)8-15/h4-5,7,10,15H,2-3,6,8H2,1H3/t10-/m1/s1. The van der Waals surface area contributed by atoms with Crippen LogP contribution in [0.15, 0.2) is 27.6 Å². The maximum absolute atomic E-state index is 12.5. The molecule has 0 spiro atoms. The van der Waals surface area contributed by atoms with Crippen LogP contribution in [0.3, 0.4) is 0 Å². The molecule has 0 aliphatic carbocycles. The van der Waals surface area contributed by atoms with Crippen LogP contribution in [0.1, 0.15) is 18.4 Å². The van der Waals surface area contributed by atoms with E-state index in [4.69, 9.17) is 0 Å². The minimum atomic E-state index is -3.52. The Bertz CT molecular complexity index is 544. The highest BCUT2D eigenvalue weighted by Crippen LogP contribution is 2.30. The summed E-state index contributed by atoms with van der Waals surface area (Å²) < 4.78 is 27.0. The number of aryl methyl sites for hydroxylation is 1. The zero-order valence-electron chi connectivity index (χ0n) is 10.1. The number of aliphatic hydroxyl groups excluding tert-OH is 1. The van der Waals surface area contributed by atoms with E-state index < -0.39 is 10.0 Å². The van der Waals surface area contributed by atoms with Crippen molar-refractivity contribution in [3.05, 3.63) is 28.2 Å². The van der Waals surface area contributed by atoms with Crippen molar-refractivity contribution in [2.24, 2.45) is 0 Å². The lowest BCUT2D eigenvalue weighted by Crippen LogP contribution is -2.37. The third-order valence-electron chi connectivity index (χ3n) is 3.21. The molecule has 0 bridgehead atoms. The number of sulfonamides is 1. The molecule has 1 aromatic carbocycles. The van der Waals surface area contributed by atoms with Gasteiger partial charge in [0.25, 0.3) is 0 Å². The van der Waals surface area contributed by atoms with Crippen molar-refractivity contribution < 1.29 is 13.5 Å². The number of hydrogen-bond acceptors (Lipinski definition) is 3. The first-order valence-corrected chi connectivity index (χ1v) is 8.09. The minimum Gasteiger partial charge on any atom is -0.395 e. The van der Waals surface area contributed by atoms with Gasteiger partial charge in [-0.3, -0.25) is 0 Å². The average Bonchev–Trinajstić information content (AvgIpc) is 2.76. The Morgan fingerprint density at radius 1 is 1.50 bits per heavy atom. The van der Waals surface area contributed by atoms with Gasteiger partial charge < -0.3 is 5.11 Å². The number of nitrogens with zero attached hydrogens (tertiary/aromatic N) is 1. The highest BCUT2D eigenvalue weighted by atomic mass is 79.9. The Labute approximate surface area is 116 Å². The molecule has 6 heteroatoms. The summed E-state index contributed by atoms with van der Waals surface area (Å²) in [6, 6.07) is 4.89. The van der Waals surface area contributed by atoms with Crippen molar-refractivity contribution in [3.63, 3.8) is 0 Å². The lowest BCUT2D eigenvalue weighted by molar-refractivity contribution is 0.213. The van der Waals surface area contributed by atoms with E-state index in [-0.39, 0.29) is 17.5 Å². The van der Waals surface area contributed by atoms with Crippen LogP contribution in [0.5, 0.6) is 0 Å². The van der Waals surface area contributed by atoms with Gasteiger partial charge in [-0.1, -0.05) is 6.07 Å². The zero-order chi connectivity index (χ0) is 13.3. The lowest BCUT2D eigenvalue weighted by Gasteiger charge is -2.23. The summed E-state index contributed by atoms with van der Waals surface area (Å²) in [6.45, 7) is 2.27. The van der Waals surface area contributed by atoms with Crippen LogP contribution in [-0.4, -0.2) is 37.0 Å². The molecule has 1 fully saturated rings. The minimum absolute atomic E-state index is 0.122. The molecule has 1 atom stereocenters. The van der Waals surface area contributed by atoms with Crippen molar-refractivity contribution in [2.45, 2.75) is 30.7 Å². The second-order valence-electron chi connectivity index (χ2n) is 4.53. The summed E-state index contributed by atoms with van der Waals surface area (Å²) in [5.74, 6) is 0. The molecule has 1 aliphatic heterocycles. The zero-order valence-corrected chi connectivity index (χ0v) is 12.5. The third kappa shape index (κ3) is 2.47. The van der Waals surface area contributed by atoms with E-state index in [1.165, 1.54) is 4.31 Å².